The highest BCUT2D eigenvalue weighted by atomic mass is 32.2. The van der Waals surface area contributed by atoms with Gasteiger partial charge in [-0.1, -0.05) is 6.42 Å². The number of alkyl carbamates (subject to hydrolysis) is 1. The average Bonchev–Trinajstić information content (AvgIpc) is 2.54. The molecule has 2 heterocycles. The lowest BCUT2D eigenvalue weighted by Gasteiger charge is -2.24. The number of hydrogen-bond donors (Lipinski definition) is 1. The molecule has 68 valence electrons. The SMILES string of the molecule is O=C1NC(C2CCCCS2)CO1. The Morgan fingerprint density at radius 3 is 3.00 bits per heavy atom. The van der Waals surface area contributed by atoms with Crippen LogP contribution < -0.4 is 5.32 Å². The van der Waals surface area contributed by atoms with Crippen LogP contribution in [0.3, 0.4) is 0 Å². The van der Waals surface area contributed by atoms with E-state index in [4.69, 9.17) is 4.74 Å². The molecule has 0 spiro atoms. The lowest BCUT2D eigenvalue weighted by Crippen LogP contribution is -2.37. The van der Waals surface area contributed by atoms with E-state index >= 15 is 0 Å². The maximum absolute atomic E-state index is 10.8. The zero-order valence-electron chi connectivity index (χ0n) is 6.91. The third kappa shape index (κ3) is 1.68. The van der Waals surface area contributed by atoms with Crippen LogP contribution in [0.5, 0.6) is 0 Å². The highest BCUT2D eigenvalue weighted by Crippen LogP contribution is 2.28. The van der Waals surface area contributed by atoms with Gasteiger partial charge >= 0.3 is 6.09 Å². The van der Waals surface area contributed by atoms with Crippen molar-refractivity contribution >= 4 is 17.9 Å². The first kappa shape index (κ1) is 8.23. The fourth-order valence-electron chi connectivity index (χ4n) is 1.68. The van der Waals surface area contributed by atoms with E-state index in [-0.39, 0.29) is 12.1 Å². The van der Waals surface area contributed by atoms with Crippen molar-refractivity contribution in [1.29, 1.82) is 0 Å². The highest BCUT2D eigenvalue weighted by molar-refractivity contribution is 8.00. The number of carbonyl (C=O) groups excluding carboxylic acids is 1. The van der Waals surface area contributed by atoms with Gasteiger partial charge in [-0.05, 0) is 18.6 Å². The molecule has 0 aromatic rings. The Bertz CT molecular complexity index is 180. The molecule has 0 aliphatic carbocycles. The van der Waals surface area contributed by atoms with Crippen LogP contribution in [0.15, 0.2) is 0 Å². The van der Waals surface area contributed by atoms with Crippen LogP contribution in [-0.4, -0.2) is 29.7 Å². The minimum Gasteiger partial charge on any atom is -0.447 e. The molecule has 2 unspecified atom stereocenters. The van der Waals surface area contributed by atoms with Gasteiger partial charge in [0.2, 0.25) is 0 Å². The second kappa shape index (κ2) is 3.56. The standard InChI is InChI=1S/C8H13NO2S/c10-8-9-6(5-11-8)7-3-1-2-4-12-7/h6-7H,1-5H2,(H,9,10). The quantitative estimate of drug-likeness (QED) is 0.674. The molecule has 0 saturated carbocycles. The first-order valence-electron chi connectivity index (χ1n) is 4.41. The number of carbonyl (C=O) groups is 1. The van der Waals surface area contributed by atoms with Crippen molar-refractivity contribution in [2.75, 3.05) is 12.4 Å². The molecule has 0 radical (unpaired) electrons. The Kier molecular flexibility index (Phi) is 2.44. The summed E-state index contributed by atoms with van der Waals surface area (Å²) in [4.78, 5) is 10.8. The largest absolute Gasteiger partial charge is 0.447 e. The summed E-state index contributed by atoms with van der Waals surface area (Å²) in [6.45, 7) is 0.566. The van der Waals surface area contributed by atoms with Gasteiger partial charge in [-0.2, -0.15) is 11.8 Å². The molecule has 2 aliphatic rings. The third-order valence-corrected chi connectivity index (χ3v) is 3.88. The van der Waals surface area contributed by atoms with Crippen LogP contribution in [0.4, 0.5) is 4.79 Å². The summed E-state index contributed by atoms with van der Waals surface area (Å²) < 4.78 is 4.86. The van der Waals surface area contributed by atoms with Crippen LogP contribution in [0, 0.1) is 0 Å². The molecule has 2 rings (SSSR count). The fraction of sp³-hybridized carbons (Fsp3) is 0.875. The summed E-state index contributed by atoms with van der Waals surface area (Å²) in [6.07, 6.45) is 3.59. The molecule has 12 heavy (non-hydrogen) atoms. The molecular formula is C8H13NO2S. The topological polar surface area (TPSA) is 38.3 Å². The summed E-state index contributed by atoms with van der Waals surface area (Å²) in [6, 6.07) is 0.266. The number of amides is 1. The smallest absolute Gasteiger partial charge is 0.407 e. The molecule has 0 aromatic carbocycles. The van der Waals surface area contributed by atoms with Gasteiger partial charge in [-0.25, -0.2) is 4.79 Å². The van der Waals surface area contributed by atoms with E-state index in [9.17, 15) is 4.79 Å². The summed E-state index contributed by atoms with van der Waals surface area (Å²) in [5, 5.41) is 3.43. The van der Waals surface area contributed by atoms with Crippen LogP contribution in [0.1, 0.15) is 19.3 Å². The zero-order chi connectivity index (χ0) is 8.39. The van der Waals surface area contributed by atoms with Crippen molar-refractivity contribution in [1.82, 2.24) is 5.32 Å². The third-order valence-electron chi connectivity index (χ3n) is 2.36. The maximum Gasteiger partial charge on any atom is 0.407 e. The van der Waals surface area contributed by atoms with E-state index in [1.807, 2.05) is 11.8 Å². The first-order chi connectivity index (χ1) is 5.86. The monoisotopic (exact) mass is 187 g/mol. The molecule has 0 bridgehead atoms. The normalized spacial score (nSPS) is 35.8. The van der Waals surface area contributed by atoms with Gasteiger partial charge in [-0.15, -0.1) is 0 Å². The molecule has 2 aliphatic heterocycles. The van der Waals surface area contributed by atoms with Crippen molar-refractivity contribution in [2.24, 2.45) is 0 Å². The highest BCUT2D eigenvalue weighted by Gasteiger charge is 2.31. The minimum atomic E-state index is -0.244. The van der Waals surface area contributed by atoms with Gasteiger partial charge in [0.1, 0.15) is 6.61 Å². The van der Waals surface area contributed by atoms with Crippen molar-refractivity contribution < 1.29 is 9.53 Å². The van der Waals surface area contributed by atoms with E-state index < -0.39 is 0 Å². The molecule has 3 nitrogen and oxygen atoms in total. The molecule has 2 fully saturated rings. The fourth-order valence-corrected chi connectivity index (χ4v) is 3.07. The lowest BCUT2D eigenvalue weighted by molar-refractivity contribution is 0.176. The van der Waals surface area contributed by atoms with Crippen molar-refractivity contribution in [3.63, 3.8) is 0 Å². The molecule has 1 N–H and O–H groups in total. The average molecular weight is 187 g/mol. The Morgan fingerprint density at radius 1 is 1.50 bits per heavy atom. The summed E-state index contributed by atoms with van der Waals surface area (Å²) >= 11 is 1.97. The van der Waals surface area contributed by atoms with Crippen molar-refractivity contribution in [3.8, 4) is 0 Å². The van der Waals surface area contributed by atoms with Gasteiger partial charge in [-0.3, -0.25) is 0 Å². The van der Waals surface area contributed by atoms with Gasteiger partial charge in [0.25, 0.3) is 0 Å². The van der Waals surface area contributed by atoms with Crippen molar-refractivity contribution in [3.05, 3.63) is 0 Å². The number of hydrogen-bond acceptors (Lipinski definition) is 3. The molecule has 2 saturated heterocycles. The van der Waals surface area contributed by atoms with Crippen LogP contribution in [0.2, 0.25) is 0 Å². The molecular weight excluding hydrogens is 174 g/mol. The van der Waals surface area contributed by atoms with Crippen molar-refractivity contribution in [2.45, 2.75) is 30.6 Å². The number of nitrogens with one attached hydrogen (secondary N) is 1. The maximum atomic E-state index is 10.8. The van der Waals surface area contributed by atoms with E-state index in [0.717, 1.165) is 0 Å². The predicted octanol–water partition coefficient (Wildman–Crippen LogP) is 1.38. The number of rotatable bonds is 1. The van der Waals surface area contributed by atoms with Gasteiger partial charge in [0.05, 0.1) is 6.04 Å². The number of cyclic esters (lactones) is 1. The van der Waals surface area contributed by atoms with E-state index in [2.05, 4.69) is 5.32 Å². The second-order valence-corrected chi connectivity index (χ2v) is 4.60. The molecule has 0 aromatic heterocycles. The van der Waals surface area contributed by atoms with E-state index in [1.54, 1.807) is 0 Å². The number of thioether (sulfide) groups is 1. The van der Waals surface area contributed by atoms with Gasteiger partial charge in [0.15, 0.2) is 0 Å². The Hall–Kier alpha value is -0.380. The molecule has 4 heteroatoms. The van der Waals surface area contributed by atoms with Crippen LogP contribution in [-0.2, 0) is 4.74 Å². The predicted molar refractivity (Wildman–Crippen MR) is 48.4 cm³/mol. The second-order valence-electron chi connectivity index (χ2n) is 3.25. The van der Waals surface area contributed by atoms with Crippen LogP contribution in [0.25, 0.3) is 0 Å². The molecule has 2 atom stereocenters. The summed E-state index contributed by atoms with van der Waals surface area (Å²) in [7, 11) is 0. The Balaban J connectivity index is 1.86. The van der Waals surface area contributed by atoms with E-state index in [0.29, 0.717) is 11.9 Å². The summed E-state index contributed by atoms with van der Waals surface area (Å²) in [5.41, 5.74) is 0. The number of ether oxygens (including phenoxy) is 1. The zero-order valence-corrected chi connectivity index (χ0v) is 7.73. The Labute approximate surface area is 76.2 Å². The van der Waals surface area contributed by atoms with Gasteiger partial charge in [0, 0.05) is 5.25 Å². The Morgan fingerprint density at radius 2 is 2.42 bits per heavy atom. The lowest BCUT2D eigenvalue weighted by atomic mass is 10.1. The van der Waals surface area contributed by atoms with E-state index in [1.165, 1.54) is 25.0 Å². The molecule has 1 amide bonds. The van der Waals surface area contributed by atoms with Gasteiger partial charge < -0.3 is 10.1 Å². The van der Waals surface area contributed by atoms with Crippen LogP contribution >= 0.6 is 11.8 Å². The minimum absolute atomic E-state index is 0.244. The first-order valence-corrected chi connectivity index (χ1v) is 5.46. The summed E-state index contributed by atoms with van der Waals surface area (Å²) in [5.74, 6) is 1.23.